The number of ether oxygens (including phenoxy) is 1. The summed E-state index contributed by atoms with van der Waals surface area (Å²) in [5.74, 6) is 1.39. The summed E-state index contributed by atoms with van der Waals surface area (Å²) in [6.07, 6.45) is 3.35. The first kappa shape index (κ1) is 9.58. The van der Waals surface area contributed by atoms with Crippen LogP contribution in [0.3, 0.4) is 0 Å². The Bertz CT molecular complexity index is 412. The van der Waals surface area contributed by atoms with Gasteiger partial charge in [0.1, 0.15) is 5.82 Å². The Morgan fingerprint density at radius 3 is 3.07 bits per heavy atom. The molecule has 4 heteroatoms. The molecular formula is C11H12N2O2. The predicted octanol–water partition coefficient (Wildman–Crippen LogP) is 2.30. The monoisotopic (exact) mass is 204 g/mol. The third-order valence-corrected chi connectivity index (χ3v) is 1.99. The highest BCUT2D eigenvalue weighted by Crippen LogP contribution is 2.11. The molecule has 0 radical (unpaired) electrons. The number of aromatic nitrogens is 1. The van der Waals surface area contributed by atoms with E-state index >= 15 is 0 Å². The van der Waals surface area contributed by atoms with E-state index in [4.69, 9.17) is 9.15 Å². The van der Waals surface area contributed by atoms with Crippen LogP contribution in [0, 0.1) is 0 Å². The number of furan rings is 1. The highest BCUT2D eigenvalue weighted by atomic mass is 16.5. The number of hydrogen-bond donors (Lipinski definition) is 1. The van der Waals surface area contributed by atoms with Gasteiger partial charge in [-0.1, -0.05) is 6.07 Å². The van der Waals surface area contributed by atoms with Crippen molar-refractivity contribution in [3.05, 3.63) is 42.4 Å². The average molecular weight is 204 g/mol. The number of methoxy groups -OCH3 is 1. The second-order valence-electron chi connectivity index (χ2n) is 3.05. The normalized spacial score (nSPS) is 9.93. The Kier molecular flexibility index (Phi) is 2.88. The minimum absolute atomic E-state index is 0.604. The zero-order chi connectivity index (χ0) is 10.5. The van der Waals surface area contributed by atoms with Crippen molar-refractivity contribution >= 4 is 5.82 Å². The fourth-order valence-electron chi connectivity index (χ4n) is 1.21. The van der Waals surface area contributed by atoms with E-state index in [-0.39, 0.29) is 0 Å². The van der Waals surface area contributed by atoms with Crippen LogP contribution in [0.25, 0.3) is 0 Å². The number of rotatable bonds is 4. The van der Waals surface area contributed by atoms with E-state index in [0.29, 0.717) is 12.4 Å². The summed E-state index contributed by atoms with van der Waals surface area (Å²) < 4.78 is 9.98. The molecule has 0 saturated carbocycles. The highest BCUT2D eigenvalue weighted by molar-refractivity contribution is 5.37. The molecule has 0 bridgehead atoms. The van der Waals surface area contributed by atoms with E-state index in [1.54, 1.807) is 19.6 Å². The lowest BCUT2D eigenvalue weighted by atomic mass is 10.3. The topological polar surface area (TPSA) is 47.3 Å². The molecule has 2 heterocycles. The summed E-state index contributed by atoms with van der Waals surface area (Å²) >= 11 is 0. The molecular weight excluding hydrogens is 192 g/mol. The lowest BCUT2D eigenvalue weighted by Crippen LogP contribution is -2.00. The maximum atomic E-state index is 5.02. The van der Waals surface area contributed by atoms with Crippen LogP contribution in [0.4, 0.5) is 5.82 Å². The Morgan fingerprint density at radius 1 is 1.40 bits per heavy atom. The van der Waals surface area contributed by atoms with E-state index < -0.39 is 0 Å². The Balaban J connectivity index is 1.98. The summed E-state index contributed by atoms with van der Waals surface area (Å²) in [7, 11) is 1.60. The lowest BCUT2D eigenvalue weighted by molar-refractivity contribution is 0.398. The van der Waals surface area contributed by atoms with Gasteiger partial charge in [-0.25, -0.2) is 0 Å². The zero-order valence-electron chi connectivity index (χ0n) is 8.43. The van der Waals surface area contributed by atoms with E-state index in [1.807, 2.05) is 24.3 Å². The molecule has 0 fully saturated rings. The standard InChI is InChI=1S/C11H12N2O2/c1-14-11-4-2-3-10(13-11)12-7-9-5-6-15-8-9/h2-6,8H,7H2,1H3,(H,12,13). The van der Waals surface area contributed by atoms with Crippen LogP contribution in [-0.2, 0) is 6.54 Å². The molecule has 2 rings (SSSR count). The van der Waals surface area contributed by atoms with Gasteiger partial charge >= 0.3 is 0 Å². The molecule has 2 aromatic rings. The predicted molar refractivity (Wildman–Crippen MR) is 56.8 cm³/mol. The van der Waals surface area contributed by atoms with Gasteiger partial charge in [-0.05, 0) is 12.1 Å². The second-order valence-corrected chi connectivity index (χ2v) is 3.05. The van der Waals surface area contributed by atoms with Crippen molar-refractivity contribution in [3.8, 4) is 5.88 Å². The van der Waals surface area contributed by atoms with Gasteiger partial charge in [-0.15, -0.1) is 0 Å². The first-order valence-corrected chi connectivity index (χ1v) is 4.64. The van der Waals surface area contributed by atoms with Gasteiger partial charge in [0.2, 0.25) is 5.88 Å². The smallest absolute Gasteiger partial charge is 0.214 e. The van der Waals surface area contributed by atoms with Crippen LogP contribution >= 0.6 is 0 Å². The van der Waals surface area contributed by atoms with Crippen LogP contribution in [0.5, 0.6) is 5.88 Å². The highest BCUT2D eigenvalue weighted by Gasteiger charge is 1.97. The first-order valence-electron chi connectivity index (χ1n) is 4.64. The third kappa shape index (κ3) is 2.49. The maximum Gasteiger partial charge on any atom is 0.214 e. The summed E-state index contributed by atoms with van der Waals surface area (Å²) in [6, 6.07) is 7.50. The molecule has 0 aliphatic rings. The fraction of sp³-hybridized carbons (Fsp3) is 0.182. The minimum atomic E-state index is 0.604. The number of anilines is 1. The quantitative estimate of drug-likeness (QED) is 0.830. The van der Waals surface area contributed by atoms with Crippen LogP contribution in [0.1, 0.15) is 5.56 Å². The maximum absolute atomic E-state index is 5.02. The molecule has 0 saturated heterocycles. The van der Waals surface area contributed by atoms with Crippen molar-refractivity contribution in [2.24, 2.45) is 0 Å². The van der Waals surface area contributed by atoms with E-state index in [0.717, 1.165) is 11.4 Å². The fourth-order valence-corrected chi connectivity index (χ4v) is 1.21. The molecule has 15 heavy (non-hydrogen) atoms. The Hall–Kier alpha value is -1.97. The van der Waals surface area contributed by atoms with Crippen molar-refractivity contribution < 1.29 is 9.15 Å². The summed E-state index contributed by atoms with van der Waals surface area (Å²) in [5.41, 5.74) is 1.08. The second kappa shape index (κ2) is 4.50. The minimum Gasteiger partial charge on any atom is -0.481 e. The summed E-state index contributed by atoms with van der Waals surface area (Å²) in [4.78, 5) is 4.23. The Morgan fingerprint density at radius 2 is 2.33 bits per heavy atom. The van der Waals surface area contributed by atoms with E-state index in [2.05, 4.69) is 10.3 Å². The summed E-state index contributed by atoms with van der Waals surface area (Å²) in [5, 5.41) is 3.17. The molecule has 0 unspecified atom stereocenters. The van der Waals surface area contributed by atoms with Crippen LogP contribution in [-0.4, -0.2) is 12.1 Å². The van der Waals surface area contributed by atoms with Crippen molar-refractivity contribution in [1.82, 2.24) is 4.98 Å². The Labute approximate surface area is 87.9 Å². The average Bonchev–Trinajstić information content (AvgIpc) is 2.79. The molecule has 0 aliphatic carbocycles. The molecule has 0 amide bonds. The zero-order valence-corrected chi connectivity index (χ0v) is 8.43. The third-order valence-electron chi connectivity index (χ3n) is 1.99. The van der Waals surface area contributed by atoms with Crippen molar-refractivity contribution in [2.45, 2.75) is 6.54 Å². The van der Waals surface area contributed by atoms with Gasteiger partial charge < -0.3 is 14.5 Å². The number of pyridine rings is 1. The molecule has 0 aliphatic heterocycles. The van der Waals surface area contributed by atoms with Crippen molar-refractivity contribution in [2.75, 3.05) is 12.4 Å². The number of nitrogens with one attached hydrogen (secondary N) is 1. The van der Waals surface area contributed by atoms with Gasteiger partial charge in [0, 0.05) is 18.2 Å². The molecule has 0 atom stereocenters. The molecule has 0 spiro atoms. The van der Waals surface area contributed by atoms with E-state index in [1.165, 1.54) is 0 Å². The molecule has 78 valence electrons. The van der Waals surface area contributed by atoms with Gasteiger partial charge in [0.05, 0.1) is 19.6 Å². The lowest BCUT2D eigenvalue weighted by Gasteiger charge is -2.05. The van der Waals surface area contributed by atoms with Gasteiger partial charge in [0.25, 0.3) is 0 Å². The van der Waals surface area contributed by atoms with Crippen LogP contribution < -0.4 is 10.1 Å². The van der Waals surface area contributed by atoms with E-state index in [9.17, 15) is 0 Å². The van der Waals surface area contributed by atoms with Gasteiger partial charge in [-0.2, -0.15) is 4.98 Å². The number of nitrogens with zero attached hydrogens (tertiary/aromatic N) is 1. The van der Waals surface area contributed by atoms with Crippen LogP contribution in [0.2, 0.25) is 0 Å². The number of hydrogen-bond acceptors (Lipinski definition) is 4. The molecule has 2 aromatic heterocycles. The SMILES string of the molecule is COc1cccc(NCc2ccoc2)n1. The van der Waals surface area contributed by atoms with Gasteiger partial charge in [-0.3, -0.25) is 0 Å². The van der Waals surface area contributed by atoms with Crippen LogP contribution in [0.15, 0.2) is 41.2 Å². The van der Waals surface area contributed by atoms with Gasteiger partial charge in [0.15, 0.2) is 0 Å². The van der Waals surface area contributed by atoms with Crippen molar-refractivity contribution in [1.29, 1.82) is 0 Å². The first-order chi connectivity index (χ1) is 7.38. The van der Waals surface area contributed by atoms with Crippen molar-refractivity contribution in [3.63, 3.8) is 0 Å². The molecule has 1 N–H and O–H groups in total. The summed E-state index contributed by atoms with van der Waals surface area (Å²) in [6.45, 7) is 0.691. The largest absolute Gasteiger partial charge is 0.481 e. The molecule has 0 aromatic carbocycles. The molecule has 4 nitrogen and oxygen atoms in total.